The van der Waals surface area contributed by atoms with Gasteiger partial charge in [-0.3, -0.25) is 4.79 Å². The van der Waals surface area contributed by atoms with E-state index in [0.717, 1.165) is 6.42 Å². The Morgan fingerprint density at radius 1 is 0.893 bits per heavy atom. The van der Waals surface area contributed by atoms with Crippen LogP contribution in [-0.2, 0) is 4.79 Å². The zero-order valence-corrected chi connectivity index (χ0v) is 19.9. The average molecular weight is 389 g/mol. The van der Waals surface area contributed by atoms with Gasteiger partial charge in [0.25, 0.3) is 0 Å². The number of hydrogen-bond acceptors (Lipinski definition) is 2. The van der Waals surface area contributed by atoms with Gasteiger partial charge in [-0.25, -0.2) is 0 Å². The molecule has 0 saturated heterocycles. The number of carbonyl (C=O) groups excluding carboxylic acids is 1. The third-order valence-electron chi connectivity index (χ3n) is 6.10. The standard InChI is InChI=1S/C26H44O2/c1-10-12-14-20(13-11-2)21-15-17-22(18-16-21)28-23(27)26(9,25(6,7)8)19-24(3,4)5/h15-18,20H,10-14,19H2,1-9H3. The molecule has 0 aromatic heterocycles. The molecule has 1 aromatic rings. The summed E-state index contributed by atoms with van der Waals surface area (Å²) in [4.78, 5) is 13.2. The second-order valence-corrected chi connectivity index (χ2v) is 10.9. The molecule has 0 fully saturated rings. The van der Waals surface area contributed by atoms with Gasteiger partial charge in [0.2, 0.25) is 0 Å². The lowest BCUT2D eigenvalue weighted by molar-refractivity contribution is -0.154. The van der Waals surface area contributed by atoms with E-state index in [1.54, 1.807) is 0 Å². The largest absolute Gasteiger partial charge is 0.426 e. The van der Waals surface area contributed by atoms with Crippen LogP contribution in [0.4, 0.5) is 0 Å². The predicted molar refractivity (Wildman–Crippen MR) is 121 cm³/mol. The van der Waals surface area contributed by atoms with Crippen LogP contribution >= 0.6 is 0 Å². The van der Waals surface area contributed by atoms with E-state index in [-0.39, 0.29) is 16.8 Å². The van der Waals surface area contributed by atoms with Crippen molar-refractivity contribution in [3.63, 3.8) is 0 Å². The van der Waals surface area contributed by atoms with Crippen LogP contribution in [0.3, 0.4) is 0 Å². The van der Waals surface area contributed by atoms with E-state index in [1.165, 1.54) is 37.7 Å². The van der Waals surface area contributed by atoms with Gasteiger partial charge in [0, 0.05) is 0 Å². The van der Waals surface area contributed by atoms with Gasteiger partial charge in [0.15, 0.2) is 0 Å². The molecule has 2 unspecified atom stereocenters. The van der Waals surface area contributed by atoms with Crippen LogP contribution in [0.5, 0.6) is 5.75 Å². The van der Waals surface area contributed by atoms with Gasteiger partial charge in [-0.15, -0.1) is 0 Å². The highest BCUT2D eigenvalue weighted by molar-refractivity contribution is 5.79. The summed E-state index contributed by atoms with van der Waals surface area (Å²) >= 11 is 0. The molecule has 2 atom stereocenters. The maximum absolute atomic E-state index is 13.2. The number of hydrogen-bond donors (Lipinski definition) is 0. The maximum atomic E-state index is 13.2. The molecule has 1 aromatic carbocycles. The monoisotopic (exact) mass is 388 g/mol. The number of carbonyl (C=O) groups is 1. The fraction of sp³-hybridized carbons (Fsp3) is 0.731. The molecule has 0 heterocycles. The van der Waals surface area contributed by atoms with E-state index < -0.39 is 5.41 Å². The molecule has 160 valence electrons. The number of unbranched alkanes of at least 4 members (excludes halogenated alkanes) is 1. The van der Waals surface area contributed by atoms with Gasteiger partial charge in [0.05, 0.1) is 5.41 Å². The smallest absolute Gasteiger partial charge is 0.317 e. The molecule has 28 heavy (non-hydrogen) atoms. The van der Waals surface area contributed by atoms with E-state index in [9.17, 15) is 4.79 Å². The van der Waals surface area contributed by atoms with Crippen molar-refractivity contribution >= 4 is 5.97 Å². The molecule has 0 aliphatic heterocycles. The van der Waals surface area contributed by atoms with Crippen LogP contribution in [0, 0.1) is 16.2 Å². The van der Waals surface area contributed by atoms with E-state index >= 15 is 0 Å². The second kappa shape index (κ2) is 9.94. The fourth-order valence-electron chi connectivity index (χ4n) is 4.01. The van der Waals surface area contributed by atoms with Gasteiger partial charge in [-0.2, -0.15) is 0 Å². The van der Waals surface area contributed by atoms with Gasteiger partial charge >= 0.3 is 5.97 Å². The first-order valence-electron chi connectivity index (χ1n) is 11.2. The van der Waals surface area contributed by atoms with Gasteiger partial charge in [0.1, 0.15) is 5.75 Å². The molecule has 0 saturated carbocycles. The minimum atomic E-state index is -0.546. The van der Waals surface area contributed by atoms with Crippen molar-refractivity contribution in [2.75, 3.05) is 0 Å². The highest BCUT2D eigenvalue weighted by Gasteiger charge is 2.47. The lowest BCUT2D eigenvalue weighted by Gasteiger charge is -2.43. The molecule has 1 rings (SSSR count). The van der Waals surface area contributed by atoms with Crippen LogP contribution in [0.1, 0.15) is 112 Å². The molecule has 0 aliphatic carbocycles. The highest BCUT2D eigenvalue weighted by atomic mass is 16.5. The first-order valence-corrected chi connectivity index (χ1v) is 11.2. The molecule has 0 bridgehead atoms. The van der Waals surface area contributed by atoms with Crippen LogP contribution < -0.4 is 4.74 Å². The molecule has 0 aliphatic rings. The van der Waals surface area contributed by atoms with E-state index in [0.29, 0.717) is 11.7 Å². The molecule has 0 amide bonds. The van der Waals surface area contributed by atoms with Crippen LogP contribution in [0.25, 0.3) is 0 Å². The molecule has 2 nitrogen and oxygen atoms in total. The minimum absolute atomic E-state index is 0.0531. The normalized spacial score (nSPS) is 15.8. The summed E-state index contributed by atoms with van der Waals surface area (Å²) in [5, 5.41) is 0. The lowest BCUT2D eigenvalue weighted by Crippen LogP contribution is -2.45. The van der Waals surface area contributed by atoms with Crippen LogP contribution in [0.15, 0.2) is 24.3 Å². The van der Waals surface area contributed by atoms with Crippen molar-refractivity contribution in [2.45, 2.75) is 107 Å². The Kier molecular flexibility index (Phi) is 8.78. The van der Waals surface area contributed by atoms with E-state index in [1.807, 2.05) is 12.1 Å². The van der Waals surface area contributed by atoms with Gasteiger partial charge in [-0.1, -0.05) is 86.8 Å². The van der Waals surface area contributed by atoms with E-state index in [4.69, 9.17) is 4.74 Å². The summed E-state index contributed by atoms with van der Waals surface area (Å²) in [5.74, 6) is 1.14. The van der Waals surface area contributed by atoms with Crippen molar-refractivity contribution in [2.24, 2.45) is 16.2 Å². The first kappa shape index (κ1) is 24.7. The Balaban J connectivity index is 2.98. The van der Waals surface area contributed by atoms with Crippen molar-refractivity contribution in [3.8, 4) is 5.75 Å². The van der Waals surface area contributed by atoms with Crippen molar-refractivity contribution in [1.29, 1.82) is 0 Å². The zero-order valence-electron chi connectivity index (χ0n) is 19.9. The summed E-state index contributed by atoms with van der Waals surface area (Å²) < 4.78 is 5.89. The first-order chi connectivity index (χ1) is 12.8. The van der Waals surface area contributed by atoms with Crippen LogP contribution in [-0.4, -0.2) is 5.97 Å². The molecule has 0 N–H and O–H groups in total. The SMILES string of the molecule is CCCCC(CCC)c1ccc(OC(=O)C(C)(CC(C)(C)C)C(C)(C)C)cc1. The van der Waals surface area contributed by atoms with Gasteiger partial charge in [-0.05, 0) is 60.6 Å². The molecular weight excluding hydrogens is 344 g/mol. The lowest BCUT2D eigenvalue weighted by atomic mass is 9.61. The summed E-state index contributed by atoms with van der Waals surface area (Å²) in [5.41, 5.74) is 0.695. The topological polar surface area (TPSA) is 26.3 Å². The number of esters is 1. The summed E-state index contributed by atoms with van der Waals surface area (Å²) in [6.45, 7) is 19.5. The van der Waals surface area contributed by atoms with Crippen molar-refractivity contribution in [3.05, 3.63) is 29.8 Å². The Morgan fingerprint density at radius 2 is 1.46 bits per heavy atom. The Hall–Kier alpha value is -1.31. The second-order valence-electron chi connectivity index (χ2n) is 10.9. The third-order valence-corrected chi connectivity index (χ3v) is 6.10. The quantitative estimate of drug-likeness (QED) is 0.315. The predicted octanol–water partition coefficient (Wildman–Crippen LogP) is 8.15. The maximum Gasteiger partial charge on any atom is 0.317 e. The molecular formula is C26H44O2. The molecule has 0 radical (unpaired) electrons. The van der Waals surface area contributed by atoms with Crippen LogP contribution in [0.2, 0.25) is 0 Å². The minimum Gasteiger partial charge on any atom is -0.426 e. The summed E-state index contributed by atoms with van der Waals surface area (Å²) in [6, 6.07) is 8.25. The Labute approximate surface area is 174 Å². The highest BCUT2D eigenvalue weighted by Crippen LogP contribution is 2.47. The average Bonchev–Trinajstić information content (AvgIpc) is 2.57. The van der Waals surface area contributed by atoms with Gasteiger partial charge < -0.3 is 4.74 Å². The number of rotatable bonds is 9. The Bertz CT molecular complexity index is 601. The number of ether oxygens (including phenoxy) is 1. The number of benzene rings is 1. The summed E-state index contributed by atoms with van der Waals surface area (Å²) in [7, 11) is 0. The third kappa shape index (κ3) is 6.94. The fourth-order valence-corrected chi connectivity index (χ4v) is 4.01. The molecule has 2 heteroatoms. The van der Waals surface area contributed by atoms with E-state index in [2.05, 4.69) is 74.4 Å². The van der Waals surface area contributed by atoms with Crippen molar-refractivity contribution in [1.82, 2.24) is 0 Å². The Morgan fingerprint density at radius 3 is 1.89 bits per heavy atom. The molecule has 0 spiro atoms. The van der Waals surface area contributed by atoms with Crippen molar-refractivity contribution < 1.29 is 9.53 Å². The zero-order chi connectivity index (χ0) is 21.6. The summed E-state index contributed by atoms with van der Waals surface area (Å²) in [6.07, 6.45) is 6.93.